The molecule has 0 amide bonds. The van der Waals surface area contributed by atoms with Gasteiger partial charge in [0.05, 0.1) is 4.58 Å². The Bertz CT molecular complexity index is 351. The van der Waals surface area contributed by atoms with E-state index < -0.39 is 0 Å². The quantitative estimate of drug-likeness (QED) is 0.898. The van der Waals surface area contributed by atoms with Crippen LogP contribution >= 0.6 is 23.5 Å². The van der Waals surface area contributed by atoms with Crippen molar-refractivity contribution < 1.29 is 0 Å². The zero-order valence-electron chi connectivity index (χ0n) is 10.5. The minimum atomic E-state index is 0.581. The average molecular weight is 281 g/mol. The summed E-state index contributed by atoms with van der Waals surface area (Å²) in [6.07, 6.45) is 5.35. The van der Waals surface area contributed by atoms with Crippen LogP contribution in [-0.2, 0) is 0 Å². The first-order valence-corrected chi connectivity index (χ1v) is 8.68. The lowest BCUT2D eigenvalue weighted by atomic mass is 10.2. The van der Waals surface area contributed by atoms with Crippen molar-refractivity contribution in [2.24, 2.45) is 0 Å². The molecule has 0 unspecified atom stereocenters. The normalized spacial score (nSPS) is 22.1. The summed E-state index contributed by atoms with van der Waals surface area (Å²) in [5.41, 5.74) is 2.83. The van der Waals surface area contributed by atoms with Crippen molar-refractivity contribution in [3.63, 3.8) is 0 Å². The minimum absolute atomic E-state index is 0.581. The number of rotatable bonds is 2. The summed E-state index contributed by atoms with van der Waals surface area (Å²) in [5.74, 6) is 2.57. The first-order valence-electron chi connectivity index (χ1n) is 6.58. The molecule has 5 heteroatoms. The zero-order chi connectivity index (χ0) is 12.2. The first-order chi connectivity index (χ1) is 8.95. The molecule has 98 valence electrons. The summed E-state index contributed by atoms with van der Waals surface area (Å²) in [5, 5.41) is 3.42. The monoisotopic (exact) mass is 281 g/mol. The van der Waals surface area contributed by atoms with Crippen molar-refractivity contribution in [2.45, 2.75) is 11.0 Å². The minimum Gasteiger partial charge on any atom is -0.369 e. The molecule has 3 rings (SSSR count). The second-order valence-electron chi connectivity index (χ2n) is 4.60. The lowest BCUT2D eigenvalue weighted by Crippen LogP contribution is -2.44. The Morgan fingerprint density at radius 3 is 2.78 bits per heavy atom. The Kier molecular flexibility index (Phi) is 4.33. The van der Waals surface area contributed by atoms with E-state index >= 15 is 0 Å². The van der Waals surface area contributed by atoms with E-state index in [0.29, 0.717) is 4.58 Å². The van der Waals surface area contributed by atoms with Gasteiger partial charge in [-0.05, 0) is 24.0 Å². The Morgan fingerprint density at radius 1 is 1.22 bits per heavy atom. The first kappa shape index (κ1) is 12.6. The molecule has 2 fully saturated rings. The van der Waals surface area contributed by atoms with E-state index in [1.54, 1.807) is 0 Å². The molecule has 18 heavy (non-hydrogen) atoms. The van der Waals surface area contributed by atoms with Crippen molar-refractivity contribution in [3.8, 4) is 0 Å². The predicted octanol–water partition coefficient (Wildman–Crippen LogP) is 2.36. The lowest BCUT2D eigenvalue weighted by Gasteiger charge is -2.33. The molecular weight excluding hydrogens is 262 g/mol. The van der Waals surface area contributed by atoms with Gasteiger partial charge in [0.1, 0.15) is 0 Å². The number of hydrogen-bond acceptors (Lipinski definition) is 5. The molecule has 0 saturated carbocycles. The number of nitrogens with zero attached hydrogens (tertiary/aromatic N) is 2. The number of nitrogens with one attached hydrogen (secondary N) is 1. The van der Waals surface area contributed by atoms with Gasteiger partial charge in [-0.25, -0.2) is 0 Å². The number of pyridine rings is 1. The third-order valence-electron chi connectivity index (χ3n) is 3.37. The molecule has 0 aliphatic carbocycles. The van der Waals surface area contributed by atoms with E-state index in [4.69, 9.17) is 0 Å². The van der Waals surface area contributed by atoms with Crippen LogP contribution < -0.4 is 10.2 Å². The highest BCUT2D eigenvalue weighted by Crippen LogP contribution is 2.46. The third-order valence-corrected chi connectivity index (χ3v) is 6.35. The Hall–Kier alpha value is -0.390. The van der Waals surface area contributed by atoms with E-state index in [2.05, 4.69) is 51.0 Å². The van der Waals surface area contributed by atoms with Crippen LogP contribution in [-0.4, -0.2) is 42.7 Å². The van der Waals surface area contributed by atoms with Crippen LogP contribution in [0.4, 0.5) is 5.69 Å². The number of aromatic nitrogens is 1. The maximum Gasteiger partial charge on any atom is 0.0786 e. The molecule has 1 aromatic rings. The number of thioether (sulfide) groups is 2. The van der Waals surface area contributed by atoms with Crippen LogP contribution in [0.2, 0.25) is 0 Å². The van der Waals surface area contributed by atoms with Crippen LogP contribution in [0.5, 0.6) is 0 Å². The molecule has 0 spiro atoms. The molecule has 2 aliphatic rings. The summed E-state index contributed by atoms with van der Waals surface area (Å²) in [7, 11) is 0. The second-order valence-corrected chi connectivity index (χ2v) is 7.32. The van der Waals surface area contributed by atoms with E-state index in [0.717, 1.165) is 26.2 Å². The molecule has 3 heterocycles. The van der Waals surface area contributed by atoms with Crippen LogP contribution in [0, 0.1) is 0 Å². The maximum atomic E-state index is 4.35. The van der Waals surface area contributed by atoms with Gasteiger partial charge in [-0.1, -0.05) is 0 Å². The van der Waals surface area contributed by atoms with Crippen molar-refractivity contribution in [1.82, 2.24) is 10.3 Å². The third kappa shape index (κ3) is 2.78. The predicted molar refractivity (Wildman–Crippen MR) is 81.6 cm³/mol. The van der Waals surface area contributed by atoms with Gasteiger partial charge in [0.2, 0.25) is 0 Å². The van der Waals surface area contributed by atoms with Crippen molar-refractivity contribution >= 4 is 29.2 Å². The van der Waals surface area contributed by atoms with Crippen LogP contribution in [0.15, 0.2) is 18.5 Å². The topological polar surface area (TPSA) is 28.2 Å². The largest absolute Gasteiger partial charge is 0.369 e. The van der Waals surface area contributed by atoms with Crippen molar-refractivity contribution in [3.05, 3.63) is 24.0 Å². The molecule has 0 atom stereocenters. The SMILES string of the molecule is c1cc(N2CCNCC2)c(C2SCCCS2)cn1. The van der Waals surface area contributed by atoms with Gasteiger partial charge in [0.15, 0.2) is 0 Å². The van der Waals surface area contributed by atoms with E-state index in [9.17, 15) is 0 Å². The highest BCUT2D eigenvalue weighted by molar-refractivity contribution is 8.16. The number of hydrogen-bond donors (Lipinski definition) is 1. The molecule has 3 nitrogen and oxygen atoms in total. The Labute approximate surface area is 117 Å². The van der Waals surface area contributed by atoms with Gasteiger partial charge in [0.25, 0.3) is 0 Å². The second kappa shape index (κ2) is 6.17. The molecule has 1 N–H and O–H groups in total. The summed E-state index contributed by atoms with van der Waals surface area (Å²) in [6.45, 7) is 4.40. The summed E-state index contributed by atoms with van der Waals surface area (Å²) >= 11 is 4.15. The molecule has 2 saturated heterocycles. The van der Waals surface area contributed by atoms with E-state index in [1.807, 2.05) is 6.20 Å². The van der Waals surface area contributed by atoms with Crippen molar-refractivity contribution in [1.29, 1.82) is 0 Å². The van der Waals surface area contributed by atoms with Gasteiger partial charge in [-0.15, -0.1) is 23.5 Å². The molecule has 0 bridgehead atoms. The van der Waals surface area contributed by atoms with Crippen LogP contribution in [0.3, 0.4) is 0 Å². The van der Waals surface area contributed by atoms with Crippen LogP contribution in [0.1, 0.15) is 16.6 Å². The van der Waals surface area contributed by atoms with Gasteiger partial charge in [-0.3, -0.25) is 4.98 Å². The summed E-state index contributed by atoms with van der Waals surface area (Å²) < 4.78 is 0.581. The maximum absolute atomic E-state index is 4.35. The molecule has 0 radical (unpaired) electrons. The molecule has 0 aromatic carbocycles. The summed E-state index contributed by atoms with van der Waals surface area (Å²) in [4.78, 5) is 6.85. The zero-order valence-corrected chi connectivity index (χ0v) is 12.1. The number of piperazine rings is 1. The van der Waals surface area contributed by atoms with Gasteiger partial charge in [0, 0.05) is 49.8 Å². The smallest absolute Gasteiger partial charge is 0.0786 e. The van der Waals surface area contributed by atoms with E-state index in [1.165, 1.54) is 29.2 Å². The molecule has 1 aromatic heterocycles. The van der Waals surface area contributed by atoms with Gasteiger partial charge < -0.3 is 10.2 Å². The standard InChI is InChI=1S/C13H19N3S2/c1-8-17-13(18-9-1)11-10-15-3-2-12(11)16-6-4-14-5-7-16/h2-3,10,13-14H,1,4-9H2. The highest BCUT2D eigenvalue weighted by Gasteiger charge is 2.22. The Balaban J connectivity index is 1.83. The van der Waals surface area contributed by atoms with Gasteiger partial charge in [-0.2, -0.15) is 0 Å². The number of anilines is 1. The average Bonchev–Trinajstić information content (AvgIpc) is 2.49. The highest BCUT2D eigenvalue weighted by atomic mass is 32.2. The fourth-order valence-corrected chi connectivity index (χ4v) is 5.36. The molecule has 2 aliphatic heterocycles. The van der Waals surface area contributed by atoms with Gasteiger partial charge >= 0.3 is 0 Å². The summed E-state index contributed by atoms with van der Waals surface area (Å²) in [6, 6.07) is 2.19. The Morgan fingerprint density at radius 2 is 2.00 bits per heavy atom. The van der Waals surface area contributed by atoms with E-state index in [-0.39, 0.29) is 0 Å². The fourth-order valence-electron chi connectivity index (χ4n) is 2.44. The fraction of sp³-hybridized carbons (Fsp3) is 0.615. The van der Waals surface area contributed by atoms with Crippen molar-refractivity contribution in [2.75, 3.05) is 42.6 Å². The van der Waals surface area contributed by atoms with Crippen LogP contribution in [0.25, 0.3) is 0 Å². The molecular formula is C13H19N3S2. The lowest BCUT2D eigenvalue weighted by molar-refractivity contribution is 0.588.